The highest BCUT2D eigenvalue weighted by Gasteiger charge is 2.17. The summed E-state index contributed by atoms with van der Waals surface area (Å²) in [5, 5.41) is 2.73. The second-order valence-corrected chi connectivity index (χ2v) is 6.31. The van der Waals surface area contributed by atoms with E-state index in [2.05, 4.69) is 10.1 Å². The average molecular weight is 361 g/mol. The predicted octanol–water partition coefficient (Wildman–Crippen LogP) is 5.17. The molecule has 0 aliphatic heterocycles. The first-order valence-electron chi connectivity index (χ1n) is 8.65. The molecule has 0 bridgehead atoms. The molecule has 3 rings (SSSR count). The highest BCUT2D eigenvalue weighted by molar-refractivity contribution is 6.04. The number of carbonyl (C=O) groups excluding carboxylic acids is 1. The molecule has 4 nitrogen and oxygen atoms in total. The number of rotatable bonds is 6. The molecule has 0 spiro atoms. The van der Waals surface area contributed by atoms with E-state index in [1.807, 2.05) is 0 Å². The molecular formula is C20H21F2NO3. The van der Waals surface area contributed by atoms with Crippen molar-refractivity contribution in [3.05, 3.63) is 53.6 Å². The number of hydrogen-bond acceptors (Lipinski definition) is 3. The normalized spacial score (nSPS) is 14.5. The fraction of sp³-hybridized carbons (Fsp3) is 0.350. The second kappa shape index (κ2) is 8.17. The van der Waals surface area contributed by atoms with Crippen molar-refractivity contribution in [1.82, 2.24) is 0 Å². The minimum absolute atomic E-state index is 0.0399. The summed E-state index contributed by atoms with van der Waals surface area (Å²) < 4.78 is 35.2. The highest BCUT2D eigenvalue weighted by Crippen LogP contribution is 2.28. The summed E-state index contributed by atoms with van der Waals surface area (Å²) in [6.45, 7) is -1.29. The van der Waals surface area contributed by atoms with Crippen LogP contribution in [-0.4, -0.2) is 18.6 Å². The maximum atomic E-state index is 12.4. The molecule has 2 aromatic carbocycles. The van der Waals surface area contributed by atoms with Crippen LogP contribution in [0.5, 0.6) is 11.5 Å². The lowest BCUT2D eigenvalue weighted by Crippen LogP contribution is -2.14. The van der Waals surface area contributed by atoms with Gasteiger partial charge in [0.2, 0.25) is 0 Å². The van der Waals surface area contributed by atoms with Crippen molar-refractivity contribution >= 4 is 11.6 Å². The molecule has 1 N–H and O–H groups in total. The highest BCUT2D eigenvalue weighted by atomic mass is 19.3. The molecule has 0 atom stereocenters. The van der Waals surface area contributed by atoms with Gasteiger partial charge in [-0.3, -0.25) is 4.79 Å². The van der Waals surface area contributed by atoms with Gasteiger partial charge in [-0.05, 0) is 69.0 Å². The predicted molar refractivity (Wildman–Crippen MR) is 95.1 cm³/mol. The molecule has 2 aromatic rings. The van der Waals surface area contributed by atoms with Gasteiger partial charge in [0.05, 0.1) is 6.10 Å². The van der Waals surface area contributed by atoms with Crippen LogP contribution in [0.3, 0.4) is 0 Å². The zero-order valence-electron chi connectivity index (χ0n) is 14.5. The van der Waals surface area contributed by atoms with Gasteiger partial charge in [0.25, 0.3) is 5.91 Å². The molecule has 0 saturated heterocycles. The Morgan fingerprint density at radius 1 is 1.12 bits per heavy atom. The van der Waals surface area contributed by atoms with E-state index in [9.17, 15) is 13.6 Å². The number of amides is 1. The quantitative estimate of drug-likeness (QED) is 0.772. The summed E-state index contributed by atoms with van der Waals surface area (Å²) in [6, 6.07) is 11.6. The Labute approximate surface area is 151 Å². The number of carbonyl (C=O) groups is 1. The first-order chi connectivity index (χ1) is 12.5. The summed E-state index contributed by atoms with van der Waals surface area (Å²) in [5.74, 6) is 0.463. The van der Waals surface area contributed by atoms with Crippen LogP contribution in [0.1, 0.15) is 41.6 Å². The van der Waals surface area contributed by atoms with E-state index in [1.165, 1.54) is 18.9 Å². The average Bonchev–Trinajstić information content (AvgIpc) is 3.11. The van der Waals surface area contributed by atoms with Crippen LogP contribution in [0, 0.1) is 6.92 Å². The van der Waals surface area contributed by atoms with Gasteiger partial charge in [0.15, 0.2) is 0 Å². The molecule has 0 unspecified atom stereocenters. The monoisotopic (exact) mass is 361 g/mol. The van der Waals surface area contributed by atoms with E-state index in [-0.39, 0.29) is 17.8 Å². The van der Waals surface area contributed by atoms with Crippen LogP contribution >= 0.6 is 0 Å². The molecular weight excluding hydrogens is 340 g/mol. The summed E-state index contributed by atoms with van der Waals surface area (Å²) in [5.41, 5.74) is 1.34. The molecule has 6 heteroatoms. The third-order valence-electron chi connectivity index (χ3n) is 4.47. The molecule has 0 radical (unpaired) electrons. The van der Waals surface area contributed by atoms with Crippen LogP contribution in [-0.2, 0) is 0 Å². The lowest BCUT2D eigenvalue weighted by Gasteiger charge is -2.14. The van der Waals surface area contributed by atoms with Gasteiger partial charge < -0.3 is 14.8 Å². The topological polar surface area (TPSA) is 47.6 Å². The van der Waals surface area contributed by atoms with E-state index in [0.717, 1.165) is 18.6 Å². The molecule has 26 heavy (non-hydrogen) atoms. The summed E-state index contributed by atoms with van der Waals surface area (Å²) in [6.07, 6.45) is 4.78. The van der Waals surface area contributed by atoms with Gasteiger partial charge in [-0.25, -0.2) is 0 Å². The Bertz CT molecular complexity index is 756. The Hall–Kier alpha value is -2.63. The van der Waals surface area contributed by atoms with Crippen LogP contribution in [0.25, 0.3) is 0 Å². The van der Waals surface area contributed by atoms with E-state index in [1.54, 1.807) is 43.3 Å². The molecule has 0 aromatic heterocycles. The van der Waals surface area contributed by atoms with Gasteiger partial charge in [-0.2, -0.15) is 8.78 Å². The fourth-order valence-electron chi connectivity index (χ4n) is 3.05. The lowest BCUT2D eigenvalue weighted by molar-refractivity contribution is -0.0502. The summed E-state index contributed by atoms with van der Waals surface area (Å²) >= 11 is 0. The van der Waals surface area contributed by atoms with Crippen LogP contribution in [0.15, 0.2) is 42.5 Å². The van der Waals surface area contributed by atoms with Gasteiger partial charge in [-0.15, -0.1) is 0 Å². The van der Waals surface area contributed by atoms with E-state index in [4.69, 9.17) is 4.74 Å². The van der Waals surface area contributed by atoms with Crippen molar-refractivity contribution in [2.24, 2.45) is 0 Å². The lowest BCUT2D eigenvalue weighted by atomic mass is 10.1. The van der Waals surface area contributed by atoms with Crippen molar-refractivity contribution in [1.29, 1.82) is 0 Å². The van der Waals surface area contributed by atoms with Gasteiger partial charge in [-0.1, -0.05) is 6.07 Å². The smallest absolute Gasteiger partial charge is 0.387 e. The standard InChI is InChI=1S/C20H21F2NO3/c1-13-17(7-4-8-18(13)26-20(21)22)23-19(24)14-9-11-16(12-10-14)25-15-5-2-3-6-15/h4,7-12,15,20H,2-3,5-6H2,1H3,(H,23,24). The molecule has 1 amide bonds. The number of alkyl halides is 2. The fourth-order valence-corrected chi connectivity index (χ4v) is 3.05. The van der Waals surface area contributed by atoms with Crippen molar-refractivity contribution in [3.63, 3.8) is 0 Å². The third kappa shape index (κ3) is 4.50. The van der Waals surface area contributed by atoms with E-state index < -0.39 is 6.61 Å². The maximum Gasteiger partial charge on any atom is 0.387 e. The molecule has 1 fully saturated rings. The zero-order chi connectivity index (χ0) is 18.5. The van der Waals surface area contributed by atoms with Crippen molar-refractivity contribution in [2.45, 2.75) is 45.3 Å². The van der Waals surface area contributed by atoms with Crippen LogP contribution < -0.4 is 14.8 Å². The Morgan fingerprint density at radius 3 is 2.46 bits per heavy atom. The molecule has 1 aliphatic rings. The molecule has 1 aliphatic carbocycles. The minimum atomic E-state index is -2.91. The number of nitrogens with one attached hydrogen (secondary N) is 1. The van der Waals surface area contributed by atoms with E-state index >= 15 is 0 Å². The first-order valence-corrected chi connectivity index (χ1v) is 8.65. The Kier molecular flexibility index (Phi) is 5.71. The summed E-state index contributed by atoms with van der Waals surface area (Å²) in [4.78, 5) is 12.4. The Balaban J connectivity index is 1.66. The minimum Gasteiger partial charge on any atom is -0.490 e. The van der Waals surface area contributed by atoms with Crippen molar-refractivity contribution in [3.8, 4) is 11.5 Å². The largest absolute Gasteiger partial charge is 0.490 e. The van der Waals surface area contributed by atoms with Gasteiger partial charge >= 0.3 is 6.61 Å². The first kappa shape index (κ1) is 18.2. The molecule has 1 saturated carbocycles. The van der Waals surface area contributed by atoms with E-state index in [0.29, 0.717) is 16.8 Å². The number of halogens is 2. The number of ether oxygens (including phenoxy) is 2. The SMILES string of the molecule is Cc1c(NC(=O)c2ccc(OC3CCCC3)cc2)cccc1OC(F)F. The number of benzene rings is 2. The van der Waals surface area contributed by atoms with Crippen molar-refractivity contribution in [2.75, 3.05) is 5.32 Å². The van der Waals surface area contributed by atoms with Crippen LogP contribution in [0.2, 0.25) is 0 Å². The molecule has 0 heterocycles. The maximum absolute atomic E-state index is 12.4. The number of hydrogen-bond donors (Lipinski definition) is 1. The van der Waals surface area contributed by atoms with Crippen molar-refractivity contribution < 1.29 is 23.0 Å². The van der Waals surface area contributed by atoms with Gasteiger partial charge in [0.1, 0.15) is 11.5 Å². The molecule has 138 valence electrons. The summed E-state index contributed by atoms with van der Waals surface area (Å²) in [7, 11) is 0. The Morgan fingerprint density at radius 2 is 1.81 bits per heavy atom. The third-order valence-corrected chi connectivity index (χ3v) is 4.47. The zero-order valence-corrected chi connectivity index (χ0v) is 14.5. The number of anilines is 1. The van der Waals surface area contributed by atoms with Crippen LogP contribution in [0.4, 0.5) is 14.5 Å². The van der Waals surface area contributed by atoms with Gasteiger partial charge in [0, 0.05) is 16.8 Å². The second-order valence-electron chi connectivity index (χ2n) is 6.31.